The van der Waals surface area contributed by atoms with Gasteiger partial charge in [-0.05, 0) is 43.3 Å². The minimum Gasteiger partial charge on any atom is -0.319 e. The molecule has 0 unspecified atom stereocenters. The molecular formula is C11H14ClN. The molecule has 0 heterocycles. The van der Waals surface area contributed by atoms with E-state index in [9.17, 15) is 0 Å². The average Bonchev–Trinajstić information content (AvgIpc) is 2.14. The predicted molar refractivity (Wildman–Crippen MR) is 59.0 cm³/mol. The number of nitrogens with one attached hydrogen (secondary N) is 1. The third kappa shape index (κ3) is 3.21. The summed E-state index contributed by atoms with van der Waals surface area (Å²) in [6, 6.07) is 7.79. The highest BCUT2D eigenvalue weighted by Gasteiger charge is 1.98. The fourth-order valence-corrected chi connectivity index (χ4v) is 1.32. The number of rotatable bonds is 4. The van der Waals surface area contributed by atoms with Crippen LogP contribution in [0.4, 0.5) is 0 Å². The monoisotopic (exact) mass is 195 g/mol. The van der Waals surface area contributed by atoms with Gasteiger partial charge in [-0.15, -0.1) is 0 Å². The maximum Gasteiger partial charge on any atom is 0.0412 e. The van der Waals surface area contributed by atoms with E-state index in [1.807, 2.05) is 31.3 Å². The van der Waals surface area contributed by atoms with Crippen molar-refractivity contribution in [1.29, 1.82) is 0 Å². The summed E-state index contributed by atoms with van der Waals surface area (Å²) in [5.74, 6) is 0. The molecule has 0 saturated carbocycles. The predicted octanol–water partition coefficient (Wildman–Crippen LogP) is 2.96. The first-order valence-corrected chi connectivity index (χ1v) is 4.70. The molecule has 0 aliphatic carbocycles. The molecule has 2 heteroatoms. The molecule has 0 spiro atoms. The molecule has 1 nitrogen and oxygen atoms in total. The van der Waals surface area contributed by atoms with Gasteiger partial charge in [0.2, 0.25) is 0 Å². The van der Waals surface area contributed by atoms with Crippen LogP contribution >= 0.6 is 11.6 Å². The molecule has 0 atom stereocenters. The average molecular weight is 196 g/mol. The molecule has 1 aromatic carbocycles. The smallest absolute Gasteiger partial charge is 0.0412 e. The Balaban J connectivity index is 2.66. The lowest BCUT2D eigenvalue weighted by atomic mass is 10.1. The molecule has 0 aliphatic rings. The first-order valence-electron chi connectivity index (χ1n) is 4.32. The largest absolute Gasteiger partial charge is 0.319 e. The minimum atomic E-state index is 0.767. The second-order valence-corrected chi connectivity index (χ2v) is 3.40. The SMILES string of the molecule is C=C(CCNC)c1cccc(Cl)c1. The van der Waals surface area contributed by atoms with Crippen LogP contribution in [0.25, 0.3) is 5.57 Å². The first kappa shape index (κ1) is 10.3. The molecule has 13 heavy (non-hydrogen) atoms. The van der Waals surface area contributed by atoms with Crippen LogP contribution in [0.15, 0.2) is 30.8 Å². The van der Waals surface area contributed by atoms with Crippen molar-refractivity contribution in [1.82, 2.24) is 5.32 Å². The van der Waals surface area contributed by atoms with Crippen LogP contribution in [0.5, 0.6) is 0 Å². The Morgan fingerprint density at radius 3 is 2.92 bits per heavy atom. The minimum absolute atomic E-state index is 0.767. The van der Waals surface area contributed by atoms with Crippen LogP contribution < -0.4 is 5.32 Å². The Bertz CT molecular complexity index is 294. The van der Waals surface area contributed by atoms with E-state index in [-0.39, 0.29) is 0 Å². The molecule has 1 rings (SSSR count). The molecule has 0 bridgehead atoms. The summed E-state index contributed by atoms with van der Waals surface area (Å²) >= 11 is 5.87. The van der Waals surface area contributed by atoms with Crippen LogP contribution in [-0.2, 0) is 0 Å². The highest BCUT2D eigenvalue weighted by Crippen LogP contribution is 2.19. The van der Waals surface area contributed by atoms with Gasteiger partial charge < -0.3 is 5.32 Å². The summed E-state index contributed by atoms with van der Waals surface area (Å²) in [5.41, 5.74) is 2.25. The second kappa shape index (κ2) is 5.05. The zero-order chi connectivity index (χ0) is 9.68. The van der Waals surface area contributed by atoms with E-state index in [0.717, 1.165) is 29.1 Å². The van der Waals surface area contributed by atoms with Crippen molar-refractivity contribution in [3.63, 3.8) is 0 Å². The third-order valence-electron chi connectivity index (χ3n) is 1.91. The zero-order valence-electron chi connectivity index (χ0n) is 7.81. The van der Waals surface area contributed by atoms with Crippen LogP contribution in [-0.4, -0.2) is 13.6 Å². The fraction of sp³-hybridized carbons (Fsp3) is 0.273. The summed E-state index contributed by atoms with van der Waals surface area (Å²) in [7, 11) is 1.94. The van der Waals surface area contributed by atoms with Crippen molar-refractivity contribution in [2.45, 2.75) is 6.42 Å². The maximum absolute atomic E-state index is 5.87. The lowest BCUT2D eigenvalue weighted by Gasteiger charge is -2.05. The first-order chi connectivity index (χ1) is 6.24. The van der Waals surface area contributed by atoms with E-state index in [1.54, 1.807) is 0 Å². The number of halogens is 1. The molecule has 1 N–H and O–H groups in total. The Morgan fingerprint density at radius 1 is 1.54 bits per heavy atom. The summed E-state index contributed by atoms with van der Waals surface area (Å²) < 4.78 is 0. The van der Waals surface area contributed by atoms with Gasteiger partial charge in [0, 0.05) is 5.02 Å². The van der Waals surface area contributed by atoms with Crippen molar-refractivity contribution < 1.29 is 0 Å². The molecule has 0 aliphatic heterocycles. The maximum atomic E-state index is 5.87. The number of hydrogen-bond acceptors (Lipinski definition) is 1. The summed E-state index contributed by atoms with van der Waals surface area (Å²) in [4.78, 5) is 0. The van der Waals surface area contributed by atoms with Gasteiger partial charge in [0.15, 0.2) is 0 Å². The lowest BCUT2D eigenvalue weighted by molar-refractivity contribution is 0.816. The van der Waals surface area contributed by atoms with Gasteiger partial charge in [0.25, 0.3) is 0 Å². The van der Waals surface area contributed by atoms with Crippen molar-refractivity contribution >= 4 is 17.2 Å². The standard InChI is InChI=1S/C11H14ClN/c1-9(6-7-13-2)10-4-3-5-11(12)8-10/h3-5,8,13H,1,6-7H2,2H3. The normalized spacial score (nSPS) is 10.0. The van der Waals surface area contributed by atoms with Crippen molar-refractivity contribution in [3.05, 3.63) is 41.4 Å². The van der Waals surface area contributed by atoms with Crippen LogP contribution in [0.2, 0.25) is 5.02 Å². The van der Waals surface area contributed by atoms with Gasteiger partial charge in [-0.2, -0.15) is 0 Å². The van der Waals surface area contributed by atoms with Gasteiger partial charge in [0.05, 0.1) is 0 Å². The van der Waals surface area contributed by atoms with E-state index in [1.165, 1.54) is 0 Å². The van der Waals surface area contributed by atoms with E-state index >= 15 is 0 Å². The van der Waals surface area contributed by atoms with Crippen molar-refractivity contribution in [2.24, 2.45) is 0 Å². The molecular weight excluding hydrogens is 182 g/mol. The van der Waals surface area contributed by atoms with E-state index in [0.29, 0.717) is 0 Å². The number of benzene rings is 1. The Kier molecular flexibility index (Phi) is 4.00. The molecule has 70 valence electrons. The van der Waals surface area contributed by atoms with Crippen LogP contribution in [0.1, 0.15) is 12.0 Å². The Morgan fingerprint density at radius 2 is 2.31 bits per heavy atom. The van der Waals surface area contributed by atoms with Crippen LogP contribution in [0, 0.1) is 0 Å². The molecule has 0 radical (unpaired) electrons. The number of hydrogen-bond donors (Lipinski definition) is 1. The summed E-state index contributed by atoms with van der Waals surface area (Å²) in [6.45, 7) is 4.95. The van der Waals surface area contributed by atoms with Gasteiger partial charge in [-0.25, -0.2) is 0 Å². The van der Waals surface area contributed by atoms with E-state index < -0.39 is 0 Å². The van der Waals surface area contributed by atoms with Crippen molar-refractivity contribution in [2.75, 3.05) is 13.6 Å². The lowest BCUT2D eigenvalue weighted by Crippen LogP contribution is -2.07. The molecule has 0 aromatic heterocycles. The van der Waals surface area contributed by atoms with Crippen LogP contribution in [0.3, 0.4) is 0 Å². The zero-order valence-corrected chi connectivity index (χ0v) is 8.56. The Labute approximate surface area is 84.4 Å². The highest BCUT2D eigenvalue weighted by molar-refractivity contribution is 6.30. The quantitative estimate of drug-likeness (QED) is 0.779. The molecule has 0 saturated heterocycles. The molecule has 1 aromatic rings. The summed E-state index contributed by atoms with van der Waals surface area (Å²) in [5, 5.41) is 3.86. The van der Waals surface area contributed by atoms with E-state index in [2.05, 4.69) is 11.9 Å². The van der Waals surface area contributed by atoms with Gasteiger partial charge >= 0.3 is 0 Å². The second-order valence-electron chi connectivity index (χ2n) is 2.97. The molecule has 0 fully saturated rings. The molecule has 0 amide bonds. The fourth-order valence-electron chi connectivity index (χ4n) is 1.13. The Hall–Kier alpha value is -0.790. The van der Waals surface area contributed by atoms with Gasteiger partial charge in [0.1, 0.15) is 0 Å². The van der Waals surface area contributed by atoms with E-state index in [4.69, 9.17) is 11.6 Å². The topological polar surface area (TPSA) is 12.0 Å². The van der Waals surface area contributed by atoms with Gasteiger partial charge in [-0.1, -0.05) is 30.3 Å². The summed E-state index contributed by atoms with van der Waals surface area (Å²) in [6.07, 6.45) is 0.955. The highest BCUT2D eigenvalue weighted by atomic mass is 35.5. The van der Waals surface area contributed by atoms with Gasteiger partial charge in [-0.3, -0.25) is 0 Å². The third-order valence-corrected chi connectivity index (χ3v) is 2.14. The van der Waals surface area contributed by atoms with Crippen molar-refractivity contribution in [3.8, 4) is 0 Å².